The Balaban J connectivity index is 2.13. The Morgan fingerprint density at radius 3 is 2.94 bits per heavy atom. The molecule has 0 spiro atoms. The summed E-state index contributed by atoms with van der Waals surface area (Å²) in [7, 11) is 0. The minimum absolute atomic E-state index is 0.411. The number of nitrogens with two attached hydrogens (primary N) is 1. The second kappa shape index (κ2) is 3.95. The normalized spacial score (nSPS) is 10.6. The highest BCUT2D eigenvalue weighted by Crippen LogP contribution is 2.22. The van der Waals surface area contributed by atoms with Gasteiger partial charge >= 0.3 is 0 Å². The van der Waals surface area contributed by atoms with Crippen molar-refractivity contribution in [3.63, 3.8) is 0 Å². The minimum atomic E-state index is 0.411. The van der Waals surface area contributed by atoms with Crippen molar-refractivity contribution in [1.82, 2.24) is 24.7 Å². The van der Waals surface area contributed by atoms with Crippen LogP contribution in [0.1, 0.15) is 0 Å². The first kappa shape index (κ1) is 9.91. The van der Waals surface area contributed by atoms with Gasteiger partial charge in [0.05, 0.1) is 4.88 Å². The number of nitrogens with zero attached hydrogens (tertiary/aromatic N) is 5. The van der Waals surface area contributed by atoms with Crippen molar-refractivity contribution in [3.8, 4) is 16.5 Å². The fraction of sp³-hybridized carbons (Fsp3) is 0. The van der Waals surface area contributed by atoms with Crippen molar-refractivity contribution in [3.05, 3.63) is 36.2 Å². The van der Waals surface area contributed by atoms with Crippen molar-refractivity contribution < 1.29 is 0 Å². The molecule has 0 aliphatic carbocycles. The third kappa shape index (κ3) is 1.87. The van der Waals surface area contributed by atoms with E-state index in [-0.39, 0.29) is 0 Å². The van der Waals surface area contributed by atoms with Gasteiger partial charge in [0.25, 0.3) is 0 Å². The van der Waals surface area contributed by atoms with Crippen LogP contribution < -0.4 is 5.73 Å². The van der Waals surface area contributed by atoms with Crippen molar-refractivity contribution in [1.29, 1.82) is 0 Å². The van der Waals surface area contributed by atoms with Gasteiger partial charge in [-0.2, -0.15) is 5.10 Å². The molecule has 2 N–H and O–H groups in total. The number of hydrogen-bond donors (Lipinski definition) is 1. The molecule has 0 unspecified atom stereocenters. The van der Waals surface area contributed by atoms with Crippen LogP contribution in [0, 0.1) is 0 Å². The third-order valence-corrected chi connectivity index (χ3v) is 2.99. The third-order valence-electron chi connectivity index (χ3n) is 2.13. The van der Waals surface area contributed by atoms with Gasteiger partial charge in [0.2, 0.25) is 0 Å². The Bertz CT molecular complexity index is 564. The van der Waals surface area contributed by atoms with E-state index in [0.29, 0.717) is 17.5 Å². The van der Waals surface area contributed by atoms with Crippen molar-refractivity contribution >= 4 is 17.2 Å². The van der Waals surface area contributed by atoms with E-state index in [1.54, 1.807) is 28.4 Å². The first-order chi connectivity index (χ1) is 8.33. The molecule has 0 amide bonds. The number of thiophene rings is 1. The molecule has 0 bridgehead atoms. The van der Waals surface area contributed by atoms with Crippen LogP contribution in [0.5, 0.6) is 0 Å². The largest absolute Gasteiger partial charge is 0.384 e. The number of anilines is 1. The molecule has 0 aliphatic rings. The lowest BCUT2D eigenvalue weighted by molar-refractivity contribution is 0.842. The maximum atomic E-state index is 5.76. The van der Waals surface area contributed by atoms with Crippen LogP contribution in [0.25, 0.3) is 16.5 Å². The summed E-state index contributed by atoms with van der Waals surface area (Å²) in [6.45, 7) is 0. The summed E-state index contributed by atoms with van der Waals surface area (Å²) in [4.78, 5) is 13.4. The van der Waals surface area contributed by atoms with Crippen LogP contribution in [0.3, 0.4) is 0 Å². The molecular formula is C10H8N6S. The summed E-state index contributed by atoms with van der Waals surface area (Å²) in [5, 5.41) is 5.98. The quantitative estimate of drug-likeness (QED) is 0.736. The van der Waals surface area contributed by atoms with Crippen LogP contribution in [-0.2, 0) is 0 Å². The van der Waals surface area contributed by atoms with Crippen LogP contribution in [0.2, 0.25) is 0 Å². The summed E-state index contributed by atoms with van der Waals surface area (Å²) < 4.78 is 1.55. The first-order valence-electron chi connectivity index (χ1n) is 4.86. The zero-order valence-electron chi connectivity index (χ0n) is 8.69. The summed E-state index contributed by atoms with van der Waals surface area (Å²) in [5.41, 5.74) is 5.76. The van der Waals surface area contributed by atoms with E-state index >= 15 is 0 Å². The monoisotopic (exact) mass is 244 g/mol. The van der Waals surface area contributed by atoms with E-state index in [0.717, 1.165) is 4.88 Å². The number of hydrogen-bond acceptors (Lipinski definition) is 6. The van der Waals surface area contributed by atoms with Crippen LogP contribution in [0.4, 0.5) is 5.82 Å². The van der Waals surface area contributed by atoms with Crippen LogP contribution >= 0.6 is 11.3 Å². The predicted octanol–water partition coefficient (Wildman–Crippen LogP) is 1.37. The fourth-order valence-electron chi connectivity index (χ4n) is 1.41. The van der Waals surface area contributed by atoms with Crippen molar-refractivity contribution in [2.24, 2.45) is 0 Å². The highest BCUT2D eigenvalue weighted by atomic mass is 32.1. The van der Waals surface area contributed by atoms with E-state index in [9.17, 15) is 0 Å². The van der Waals surface area contributed by atoms with Crippen LogP contribution in [0.15, 0.2) is 36.2 Å². The fourth-order valence-corrected chi connectivity index (χ4v) is 2.07. The van der Waals surface area contributed by atoms with E-state index in [4.69, 9.17) is 5.73 Å². The van der Waals surface area contributed by atoms with Gasteiger partial charge in [-0.15, -0.1) is 11.3 Å². The summed E-state index contributed by atoms with van der Waals surface area (Å²) in [6, 6.07) is 5.55. The molecule has 7 heteroatoms. The SMILES string of the molecule is Nc1cc(-n2cncn2)nc(-c2cccs2)n1. The minimum Gasteiger partial charge on any atom is -0.384 e. The Hall–Kier alpha value is -2.28. The molecule has 3 rings (SSSR count). The van der Waals surface area contributed by atoms with Gasteiger partial charge in [-0.1, -0.05) is 6.07 Å². The summed E-state index contributed by atoms with van der Waals surface area (Å²) >= 11 is 1.56. The molecule has 0 aromatic carbocycles. The number of rotatable bonds is 2. The van der Waals surface area contributed by atoms with Crippen LogP contribution in [-0.4, -0.2) is 24.7 Å². The standard InChI is InChI=1S/C10H8N6S/c11-8-4-9(16-6-12-5-13-16)15-10(14-8)7-2-1-3-17-7/h1-6H,(H2,11,14,15). The number of aromatic nitrogens is 5. The van der Waals surface area contributed by atoms with Gasteiger partial charge < -0.3 is 5.73 Å². The van der Waals surface area contributed by atoms with E-state index < -0.39 is 0 Å². The zero-order valence-corrected chi connectivity index (χ0v) is 9.50. The lowest BCUT2D eigenvalue weighted by Gasteiger charge is -2.03. The topological polar surface area (TPSA) is 82.5 Å². The Morgan fingerprint density at radius 1 is 1.29 bits per heavy atom. The Morgan fingerprint density at radius 2 is 2.24 bits per heavy atom. The average Bonchev–Trinajstić information content (AvgIpc) is 3.02. The van der Waals surface area contributed by atoms with E-state index in [1.165, 1.54) is 6.33 Å². The average molecular weight is 244 g/mol. The maximum absolute atomic E-state index is 5.76. The molecule has 0 saturated heterocycles. The van der Waals surface area contributed by atoms with Gasteiger partial charge in [-0.25, -0.2) is 19.6 Å². The molecule has 3 aromatic heterocycles. The molecular weight excluding hydrogens is 236 g/mol. The molecule has 17 heavy (non-hydrogen) atoms. The van der Waals surface area contributed by atoms with Crippen molar-refractivity contribution in [2.75, 3.05) is 5.73 Å². The second-order valence-corrected chi connectivity index (χ2v) is 4.24. The molecule has 6 nitrogen and oxygen atoms in total. The van der Waals surface area contributed by atoms with Gasteiger partial charge in [0.15, 0.2) is 11.6 Å². The summed E-state index contributed by atoms with van der Waals surface area (Å²) in [6.07, 6.45) is 3.02. The van der Waals surface area contributed by atoms with E-state index in [2.05, 4.69) is 20.1 Å². The highest BCUT2D eigenvalue weighted by Gasteiger charge is 2.07. The van der Waals surface area contributed by atoms with Gasteiger partial charge in [-0.05, 0) is 11.4 Å². The molecule has 84 valence electrons. The second-order valence-electron chi connectivity index (χ2n) is 3.29. The van der Waals surface area contributed by atoms with E-state index in [1.807, 2.05) is 17.5 Å². The molecule has 0 aliphatic heterocycles. The van der Waals surface area contributed by atoms with Gasteiger partial charge in [0, 0.05) is 6.07 Å². The van der Waals surface area contributed by atoms with Gasteiger partial charge in [-0.3, -0.25) is 0 Å². The number of nitrogen functional groups attached to an aromatic ring is 1. The molecule has 3 heterocycles. The highest BCUT2D eigenvalue weighted by molar-refractivity contribution is 7.13. The molecule has 0 fully saturated rings. The Kier molecular flexibility index (Phi) is 2.30. The first-order valence-corrected chi connectivity index (χ1v) is 5.74. The molecule has 0 atom stereocenters. The smallest absolute Gasteiger partial charge is 0.173 e. The summed E-state index contributed by atoms with van der Waals surface area (Å²) in [5.74, 6) is 1.62. The van der Waals surface area contributed by atoms with Gasteiger partial charge in [0.1, 0.15) is 18.5 Å². The Labute approximate surface area is 101 Å². The molecule has 0 radical (unpaired) electrons. The molecule has 0 saturated carbocycles. The predicted molar refractivity (Wildman–Crippen MR) is 64.7 cm³/mol. The molecule has 3 aromatic rings. The maximum Gasteiger partial charge on any atom is 0.173 e. The van der Waals surface area contributed by atoms with Crippen molar-refractivity contribution in [2.45, 2.75) is 0 Å². The zero-order chi connectivity index (χ0) is 11.7. The lowest BCUT2D eigenvalue weighted by Crippen LogP contribution is -2.03. The lowest BCUT2D eigenvalue weighted by atomic mass is 10.4.